The van der Waals surface area contributed by atoms with Gasteiger partial charge in [-0.2, -0.15) is 0 Å². The van der Waals surface area contributed by atoms with Gasteiger partial charge in [-0.15, -0.1) is 0 Å². The van der Waals surface area contributed by atoms with Gasteiger partial charge in [0, 0.05) is 11.6 Å². The van der Waals surface area contributed by atoms with Crippen molar-refractivity contribution in [3.8, 4) is 0 Å². The molecule has 2 aromatic carbocycles. The lowest BCUT2D eigenvalue weighted by molar-refractivity contribution is 1.11. The number of aromatic nitrogens is 1. The van der Waals surface area contributed by atoms with Gasteiger partial charge in [0.15, 0.2) is 0 Å². The average Bonchev–Trinajstić information content (AvgIpc) is 2.42. The number of pyridine rings is 1. The van der Waals surface area contributed by atoms with E-state index in [9.17, 15) is 0 Å². The minimum absolute atomic E-state index is 0. The van der Waals surface area contributed by atoms with Gasteiger partial charge < -0.3 is 0 Å². The summed E-state index contributed by atoms with van der Waals surface area (Å²) >= 11 is 0. The van der Waals surface area contributed by atoms with Gasteiger partial charge in [0.05, 0.1) is 5.52 Å². The van der Waals surface area contributed by atoms with E-state index in [2.05, 4.69) is 17.1 Å². The molecule has 0 bridgehead atoms. The third-order valence-corrected chi connectivity index (χ3v) is 2.18. The molecule has 0 amide bonds. The first kappa shape index (κ1) is 12.8. The second kappa shape index (κ2) is 7.12. The molecular weight excluding hydrogens is 213 g/mol. The number of hydrogen-bond donors (Lipinski definition) is 0. The summed E-state index contributed by atoms with van der Waals surface area (Å²) in [6.07, 6.45) is 1.81. The highest BCUT2D eigenvalue weighted by Gasteiger charge is 1.86. The van der Waals surface area contributed by atoms with E-state index < -0.39 is 0 Å². The van der Waals surface area contributed by atoms with E-state index in [1.54, 1.807) is 0 Å². The molecule has 0 saturated heterocycles. The summed E-state index contributed by atoms with van der Waals surface area (Å²) in [5.74, 6) is 0. The smallest absolute Gasteiger partial charge is 0.0701 e. The molecule has 17 heavy (non-hydrogen) atoms. The first-order valence-corrected chi connectivity index (χ1v) is 5.26. The average molecular weight is 227 g/mol. The van der Waals surface area contributed by atoms with Gasteiger partial charge in [0.25, 0.3) is 0 Å². The number of benzene rings is 2. The summed E-state index contributed by atoms with van der Waals surface area (Å²) in [5.41, 5.74) is 1.06. The summed E-state index contributed by atoms with van der Waals surface area (Å²) in [5, 5.41) is 1.20. The van der Waals surface area contributed by atoms with Crippen molar-refractivity contribution >= 4 is 10.9 Å². The van der Waals surface area contributed by atoms with E-state index in [0.29, 0.717) is 0 Å². The first-order chi connectivity index (χ1) is 7.97. The largest absolute Gasteiger partial charge is 0.269 e. The van der Waals surface area contributed by atoms with Crippen LogP contribution in [0.4, 0.5) is 4.70 Å². The van der Waals surface area contributed by atoms with Crippen LogP contribution in [0.2, 0.25) is 0 Å². The zero-order chi connectivity index (χ0) is 11.1. The number of halogens is 1. The topological polar surface area (TPSA) is 12.9 Å². The Morgan fingerprint density at radius 1 is 0.588 bits per heavy atom. The second-order valence-corrected chi connectivity index (χ2v) is 3.35. The molecule has 0 spiro atoms. The summed E-state index contributed by atoms with van der Waals surface area (Å²) in [6, 6.07) is 24.1. The van der Waals surface area contributed by atoms with Gasteiger partial charge in [-0.25, -0.2) is 0 Å². The Morgan fingerprint density at radius 3 is 1.71 bits per heavy atom. The molecule has 0 radical (unpaired) electrons. The molecule has 0 unspecified atom stereocenters. The minimum Gasteiger partial charge on any atom is -0.269 e. The quantitative estimate of drug-likeness (QED) is 0.564. The predicted octanol–water partition coefficient (Wildman–Crippen LogP) is 4.07. The van der Waals surface area contributed by atoms with Crippen LogP contribution >= 0.6 is 0 Å². The van der Waals surface area contributed by atoms with Crippen LogP contribution in [0.25, 0.3) is 10.9 Å². The molecule has 86 valence electrons. The van der Waals surface area contributed by atoms with Gasteiger partial charge in [-0.3, -0.25) is 9.69 Å². The Bertz CT molecular complexity index is 445. The van der Waals surface area contributed by atoms with Crippen molar-refractivity contribution in [1.29, 1.82) is 0 Å². The van der Waals surface area contributed by atoms with Crippen LogP contribution in [0.5, 0.6) is 0 Å². The van der Waals surface area contributed by atoms with E-state index in [1.807, 2.05) is 66.9 Å². The maximum Gasteiger partial charge on any atom is 0.0701 e. The summed E-state index contributed by atoms with van der Waals surface area (Å²) < 4.78 is 0. The van der Waals surface area contributed by atoms with Crippen LogP contribution in [0.3, 0.4) is 0 Å². The molecular formula is C15H14FN. The van der Waals surface area contributed by atoms with Gasteiger partial charge in [-0.05, 0) is 12.1 Å². The number of fused-ring (bicyclic) bond motifs is 1. The number of nitrogens with zero attached hydrogens (tertiary/aromatic N) is 1. The third kappa shape index (κ3) is 4.03. The maximum atomic E-state index is 4.18. The summed E-state index contributed by atoms with van der Waals surface area (Å²) in [6.45, 7) is 0. The highest BCUT2D eigenvalue weighted by molar-refractivity contribution is 5.77. The van der Waals surface area contributed by atoms with Crippen molar-refractivity contribution in [3.05, 3.63) is 79.0 Å². The summed E-state index contributed by atoms with van der Waals surface area (Å²) in [4.78, 5) is 4.18. The molecule has 1 aromatic heterocycles. The summed E-state index contributed by atoms with van der Waals surface area (Å²) in [7, 11) is 0. The molecule has 0 fully saturated rings. The molecule has 2 heteroatoms. The molecule has 0 atom stereocenters. The molecule has 0 aliphatic carbocycles. The molecule has 1 heterocycles. The van der Waals surface area contributed by atoms with Crippen molar-refractivity contribution in [2.45, 2.75) is 0 Å². The van der Waals surface area contributed by atoms with Crippen LogP contribution < -0.4 is 0 Å². The highest BCUT2D eigenvalue weighted by atomic mass is 19.0. The number of hydrogen-bond acceptors (Lipinski definition) is 1. The fourth-order valence-corrected chi connectivity index (χ4v) is 1.40. The third-order valence-electron chi connectivity index (χ3n) is 2.18. The SMILES string of the molecule is F.c1ccc2ncccc2c1.c1ccccc1. The van der Waals surface area contributed by atoms with Crippen LogP contribution in [-0.4, -0.2) is 4.98 Å². The van der Waals surface area contributed by atoms with E-state index in [-0.39, 0.29) is 4.70 Å². The second-order valence-electron chi connectivity index (χ2n) is 3.35. The van der Waals surface area contributed by atoms with Gasteiger partial charge in [0.1, 0.15) is 0 Å². The Kier molecular flexibility index (Phi) is 5.38. The van der Waals surface area contributed by atoms with Crippen LogP contribution in [-0.2, 0) is 0 Å². The zero-order valence-electron chi connectivity index (χ0n) is 9.36. The van der Waals surface area contributed by atoms with E-state index in [1.165, 1.54) is 5.39 Å². The Labute approximate surface area is 100 Å². The Morgan fingerprint density at radius 2 is 1.12 bits per heavy atom. The first-order valence-electron chi connectivity index (χ1n) is 5.26. The van der Waals surface area contributed by atoms with Crippen molar-refractivity contribution in [1.82, 2.24) is 4.98 Å². The highest BCUT2D eigenvalue weighted by Crippen LogP contribution is 2.07. The van der Waals surface area contributed by atoms with Crippen molar-refractivity contribution in [2.75, 3.05) is 0 Å². The van der Waals surface area contributed by atoms with E-state index in [4.69, 9.17) is 0 Å². The molecule has 3 aromatic rings. The molecule has 1 nitrogen and oxygen atoms in total. The lowest BCUT2D eigenvalue weighted by atomic mass is 10.2. The lowest BCUT2D eigenvalue weighted by Crippen LogP contribution is -1.73. The Balaban J connectivity index is 0.000000180. The van der Waals surface area contributed by atoms with Crippen molar-refractivity contribution < 1.29 is 4.70 Å². The zero-order valence-corrected chi connectivity index (χ0v) is 9.36. The minimum atomic E-state index is 0. The molecule has 0 N–H and O–H groups in total. The van der Waals surface area contributed by atoms with Gasteiger partial charge >= 0.3 is 0 Å². The monoisotopic (exact) mass is 227 g/mol. The fraction of sp³-hybridized carbons (Fsp3) is 0. The van der Waals surface area contributed by atoms with Crippen LogP contribution in [0, 0.1) is 0 Å². The van der Waals surface area contributed by atoms with Crippen molar-refractivity contribution in [2.24, 2.45) is 0 Å². The van der Waals surface area contributed by atoms with Gasteiger partial charge in [0.2, 0.25) is 0 Å². The van der Waals surface area contributed by atoms with Crippen LogP contribution in [0.1, 0.15) is 0 Å². The van der Waals surface area contributed by atoms with Crippen molar-refractivity contribution in [3.63, 3.8) is 0 Å². The molecule has 3 rings (SSSR count). The maximum absolute atomic E-state index is 4.18. The van der Waals surface area contributed by atoms with Gasteiger partial charge in [-0.1, -0.05) is 60.7 Å². The Hall–Kier alpha value is -2.22. The molecule has 0 aliphatic rings. The normalized spacial score (nSPS) is 8.71. The van der Waals surface area contributed by atoms with E-state index >= 15 is 0 Å². The standard InChI is InChI=1S/C9H7N.C6H6.FH/c1-2-6-9-8(4-1)5-3-7-10-9;1-2-4-6-5-3-1;/h1-7H;1-6H;1H. The predicted molar refractivity (Wildman–Crippen MR) is 70.7 cm³/mol. The molecule has 0 aliphatic heterocycles. The van der Waals surface area contributed by atoms with E-state index in [0.717, 1.165) is 5.52 Å². The lowest BCUT2D eigenvalue weighted by Gasteiger charge is -1.91. The number of para-hydroxylation sites is 1. The fourth-order valence-electron chi connectivity index (χ4n) is 1.40. The number of rotatable bonds is 0. The van der Waals surface area contributed by atoms with Crippen LogP contribution in [0.15, 0.2) is 79.0 Å². The molecule has 0 saturated carbocycles.